The van der Waals surface area contributed by atoms with Crippen LogP contribution >= 0.6 is 50.7 Å². The summed E-state index contributed by atoms with van der Waals surface area (Å²) in [5.41, 5.74) is 2.27. The molecule has 2 rings (SSSR count). The maximum absolute atomic E-state index is 12.3. The monoisotopic (exact) mass is 434 g/mol. The Morgan fingerprint density at radius 3 is 2.13 bits per heavy atom. The van der Waals surface area contributed by atoms with Gasteiger partial charge >= 0.3 is 0 Å². The maximum Gasteiger partial charge on any atom is 0.252 e. The van der Waals surface area contributed by atoms with Crippen LogP contribution in [0.5, 0.6) is 0 Å². The second-order valence-corrected chi connectivity index (χ2v) is 8.25. The molecule has 0 unspecified atom stereocenters. The lowest BCUT2D eigenvalue weighted by Gasteiger charge is -2.27. The van der Waals surface area contributed by atoms with Crippen molar-refractivity contribution in [2.45, 2.75) is 16.9 Å². The summed E-state index contributed by atoms with van der Waals surface area (Å²) in [5, 5.41) is 5.71. The molecule has 2 N–H and O–H groups in total. The Labute approximate surface area is 158 Å². The topological polar surface area (TPSA) is 41.1 Å². The number of nitrogens with one attached hydrogen (secondary N) is 2. The molecule has 2 aromatic rings. The predicted molar refractivity (Wildman–Crippen MR) is 100 cm³/mol. The van der Waals surface area contributed by atoms with Gasteiger partial charge in [0.15, 0.2) is 0 Å². The molecular weight excluding hydrogens is 422 g/mol. The molecule has 1 atom stereocenters. The zero-order valence-electron chi connectivity index (χ0n) is 12.1. The Balaban J connectivity index is 2.14. The number of carbonyl (C=O) groups excluding carboxylic acids is 1. The van der Waals surface area contributed by atoms with E-state index in [2.05, 4.69) is 26.6 Å². The van der Waals surface area contributed by atoms with Gasteiger partial charge < -0.3 is 10.6 Å². The SMILES string of the molecule is Cc1ccc(C(=O)N[C@H](Nc2ccc(Br)cc2)C(Cl)(Cl)Cl)cc1. The normalized spacial score (nSPS) is 12.6. The van der Waals surface area contributed by atoms with Gasteiger partial charge in [0.1, 0.15) is 6.17 Å². The molecule has 0 heterocycles. The molecule has 0 aliphatic heterocycles. The molecule has 0 radical (unpaired) electrons. The molecule has 0 aliphatic rings. The third-order valence-corrected chi connectivity index (χ3v) is 4.26. The van der Waals surface area contributed by atoms with Crippen molar-refractivity contribution >= 4 is 62.3 Å². The average Bonchev–Trinajstić information content (AvgIpc) is 2.48. The lowest BCUT2D eigenvalue weighted by Crippen LogP contribution is -2.49. The molecule has 0 aliphatic carbocycles. The minimum atomic E-state index is -1.71. The molecule has 0 bridgehead atoms. The van der Waals surface area contributed by atoms with Crippen LogP contribution in [-0.2, 0) is 0 Å². The molecular formula is C16H14BrCl3N2O. The van der Waals surface area contributed by atoms with Crippen molar-refractivity contribution in [2.24, 2.45) is 0 Å². The number of anilines is 1. The number of hydrogen-bond donors (Lipinski definition) is 2. The molecule has 23 heavy (non-hydrogen) atoms. The number of aryl methyl sites for hydroxylation is 1. The third kappa shape index (κ3) is 5.57. The van der Waals surface area contributed by atoms with Gasteiger partial charge in [-0.15, -0.1) is 0 Å². The summed E-state index contributed by atoms with van der Waals surface area (Å²) in [7, 11) is 0. The van der Waals surface area contributed by atoms with E-state index in [0.717, 1.165) is 10.0 Å². The van der Waals surface area contributed by atoms with Crippen LogP contribution < -0.4 is 10.6 Å². The summed E-state index contributed by atoms with van der Waals surface area (Å²) in [6.45, 7) is 1.95. The lowest BCUT2D eigenvalue weighted by molar-refractivity contribution is 0.0942. The van der Waals surface area contributed by atoms with Crippen molar-refractivity contribution in [2.75, 3.05) is 5.32 Å². The van der Waals surface area contributed by atoms with Gasteiger partial charge in [-0.3, -0.25) is 4.79 Å². The van der Waals surface area contributed by atoms with Gasteiger partial charge in [-0.2, -0.15) is 0 Å². The summed E-state index contributed by atoms with van der Waals surface area (Å²) >= 11 is 21.3. The van der Waals surface area contributed by atoms with Crippen LogP contribution in [0.4, 0.5) is 5.69 Å². The second kappa shape index (κ2) is 7.75. The Bertz CT molecular complexity index is 669. The fraction of sp³-hybridized carbons (Fsp3) is 0.188. The van der Waals surface area contributed by atoms with Gasteiger partial charge in [0, 0.05) is 15.7 Å². The van der Waals surface area contributed by atoms with Crippen LogP contribution in [0.3, 0.4) is 0 Å². The first-order chi connectivity index (χ1) is 10.8. The third-order valence-electron chi connectivity index (χ3n) is 3.07. The van der Waals surface area contributed by atoms with E-state index in [1.165, 1.54) is 0 Å². The Morgan fingerprint density at radius 2 is 1.61 bits per heavy atom. The van der Waals surface area contributed by atoms with Crippen molar-refractivity contribution in [1.29, 1.82) is 0 Å². The number of benzene rings is 2. The first-order valence-electron chi connectivity index (χ1n) is 6.72. The highest BCUT2D eigenvalue weighted by Crippen LogP contribution is 2.31. The van der Waals surface area contributed by atoms with Gasteiger partial charge in [-0.05, 0) is 43.3 Å². The standard InChI is InChI=1S/C16H14BrCl3N2O/c1-10-2-4-11(5-3-10)14(23)22-15(16(18,19)20)21-13-8-6-12(17)7-9-13/h2-9,15,21H,1H3,(H,22,23)/t15-/m0/s1. The molecule has 0 aromatic heterocycles. The van der Waals surface area contributed by atoms with Crippen molar-refractivity contribution in [1.82, 2.24) is 5.32 Å². The van der Waals surface area contributed by atoms with Crippen molar-refractivity contribution in [3.63, 3.8) is 0 Å². The van der Waals surface area contributed by atoms with E-state index in [0.29, 0.717) is 11.3 Å². The number of amides is 1. The van der Waals surface area contributed by atoms with E-state index >= 15 is 0 Å². The summed E-state index contributed by atoms with van der Waals surface area (Å²) in [6.07, 6.45) is -0.887. The summed E-state index contributed by atoms with van der Waals surface area (Å²) in [6, 6.07) is 14.5. The fourth-order valence-corrected chi connectivity index (χ4v) is 2.42. The number of hydrogen-bond acceptors (Lipinski definition) is 2. The van der Waals surface area contributed by atoms with Crippen LogP contribution in [0.1, 0.15) is 15.9 Å². The number of carbonyl (C=O) groups is 1. The molecule has 0 saturated heterocycles. The van der Waals surface area contributed by atoms with Gasteiger partial charge in [0.2, 0.25) is 3.79 Å². The van der Waals surface area contributed by atoms with Crippen LogP contribution in [0.25, 0.3) is 0 Å². The van der Waals surface area contributed by atoms with Crippen molar-refractivity contribution in [3.05, 3.63) is 64.1 Å². The smallest absolute Gasteiger partial charge is 0.252 e. The zero-order chi connectivity index (χ0) is 17.0. The van der Waals surface area contributed by atoms with Gasteiger partial charge in [0.05, 0.1) is 0 Å². The first-order valence-corrected chi connectivity index (χ1v) is 8.65. The molecule has 1 amide bonds. The summed E-state index contributed by atoms with van der Waals surface area (Å²) in [5.74, 6) is -0.328. The van der Waals surface area contributed by atoms with E-state index in [-0.39, 0.29) is 5.91 Å². The minimum absolute atomic E-state index is 0.328. The van der Waals surface area contributed by atoms with E-state index < -0.39 is 9.96 Å². The van der Waals surface area contributed by atoms with E-state index in [1.807, 2.05) is 43.3 Å². The number of alkyl halides is 3. The average molecular weight is 437 g/mol. The molecule has 3 nitrogen and oxygen atoms in total. The van der Waals surface area contributed by atoms with Crippen LogP contribution in [-0.4, -0.2) is 15.9 Å². The largest absolute Gasteiger partial charge is 0.362 e. The van der Waals surface area contributed by atoms with Gasteiger partial charge in [-0.1, -0.05) is 68.4 Å². The fourth-order valence-electron chi connectivity index (χ4n) is 1.83. The lowest BCUT2D eigenvalue weighted by atomic mass is 10.1. The highest BCUT2D eigenvalue weighted by Gasteiger charge is 2.34. The highest BCUT2D eigenvalue weighted by molar-refractivity contribution is 9.10. The summed E-state index contributed by atoms with van der Waals surface area (Å²) in [4.78, 5) is 12.3. The highest BCUT2D eigenvalue weighted by atomic mass is 79.9. The summed E-state index contributed by atoms with van der Waals surface area (Å²) < 4.78 is -0.787. The van der Waals surface area contributed by atoms with Crippen LogP contribution in [0.15, 0.2) is 53.0 Å². The Hall–Kier alpha value is -0.940. The molecule has 2 aromatic carbocycles. The first kappa shape index (κ1) is 18.4. The van der Waals surface area contributed by atoms with Crippen LogP contribution in [0.2, 0.25) is 0 Å². The van der Waals surface area contributed by atoms with Crippen LogP contribution in [0, 0.1) is 6.92 Å². The van der Waals surface area contributed by atoms with Crippen molar-refractivity contribution < 1.29 is 4.79 Å². The molecule has 0 saturated carbocycles. The number of halogens is 4. The van der Waals surface area contributed by atoms with Gasteiger partial charge in [0.25, 0.3) is 5.91 Å². The maximum atomic E-state index is 12.3. The van der Waals surface area contributed by atoms with E-state index in [4.69, 9.17) is 34.8 Å². The van der Waals surface area contributed by atoms with Crippen molar-refractivity contribution in [3.8, 4) is 0 Å². The number of rotatable bonds is 4. The molecule has 7 heteroatoms. The zero-order valence-corrected chi connectivity index (χ0v) is 16.0. The van der Waals surface area contributed by atoms with E-state index in [1.54, 1.807) is 12.1 Å². The Kier molecular flexibility index (Phi) is 6.20. The quantitative estimate of drug-likeness (QED) is 0.505. The minimum Gasteiger partial charge on any atom is -0.362 e. The van der Waals surface area contributed by atoms with Gasteiger partial charge in [-0.25, -0.2) is 0 Å². The Morgan fingerprint density at radius 1 is 1.04 bits per heavy atom. The molecule has 122 valence electrons. The second-order valence-electron chi connectivity index (χ2n) is 4.97. The predicted octanol–water partition coefficient (Wildman–Crippen LogP) is 5.30. The van der Waals surface area contributed by atoms with E-state index in [9.17, 15) is 4.79 Å². The molecule has 0 spiro atoms. The molecule has 0 fully saturated rings.